The lowest BCUT2D eigenvalue weighted by Gasteiger charge is -2.37. The first-order chi connectivity index (χ1) is 10.6. The van der Waals surface area contributed by atoms with E-state index in [1.165, 1.54) is 0 Å². The minimum Gasteiger partial charge on any atom is -0.479 e. The van der Waals surface area contributed by atoms with Crippen molar-refractivity contribution in [3.05, 3.63) is 0 Å². The fourth-order valence-electron chi connectivity index (χ4n) is 1.73. The molecule has 0 aliphatic carbocycles. The van der Waals surface area contributed by atoms with Crippen LogP contribution in [0.1, 0.15) is 0 Å². The zero-order valence-electron chi connectivity index (χ0n) is 11.0. The number of carbonyl (C=O) groups is 1. The van der Waals surface area contributed by atoms with Gasteiger partial charge in [0.15, 0.2) is 6.10 Å². The summed E-state index contributed by atoms with van der Waals surface area (Å²) < 4.78 is 107. The van der Waals surface area contributed by atoms with Gasteiger partial charge in [-0.1, -0.05) is 0 Å². The highest BCUT2D eigenvalue weighted by Crippen LogP contribution is 2.27. The molecule has 142 valence electrons. The summed E-state index contributed by atoms with van der Waals surface area (Å²) in [7, 11) is -16.1. The molecule has 0 saturated carbocycles. The van der Waals surface area contributed by atoms with Crippen LogP contribution in [0.3, 0.4) is 0 Å². The van der Waals surface area contributed by atoms with E-state index in [4.69, 9.17) is 18.8 Å². The van der Waals surface area contributed by atoms with Crippen LogP contribution in [-0.4, -0.2) is 81.0 Å². The lowest BCUT2D eigenvalue weighted by Crippen LogP contribution is -2.59. The first kappa shape index (κ1) is 21.1. The SMILES string of the molecule is O=C(O)[C@@H]1OCC(OS(=O)(=O)O)C(OS(=O)(=O)O)C1OS(=O)(=O)O. The molecule has 1 saturated heterocycles. The van der Waals surface area contributed by atoms with Crippen molar-refractivity contribution in [1.29, 1.82) is 0 Å². The van der Waals surface area contributed by atoms with Gasteiger partial charge in [-0.05, 0) is 0 Å². The molecule has 0 radical (unpaired) electrons. The summed E-state index contributed by atoms with van der Waals surface area (Å²) in [4.78, 5) is 11.0. The van der Waals surface area contributed by atoms with E-state index in [9.17, 15) is 30.0 Å². The van der Waals surface area contributed by atoms with Crippen LogP contribution in [0, 0.1) is 0 Å². The maximum absolute atomic E-state index is 11.0. The molecule has 1 aliphatic heterocycles. The minimum absolute atomic E-state index is 1.04. The van der Waals surface area contributed by atoms with Gasteiger partial charge < -0.3 is 9.84 Å². The van der Waals surface area contributed by atoms with Gasteiger partial charge in [0.05, 0.1) is 6.61 Å². The van der Waals surface area contributed by atoms with Crippen molar-refractivity contribution in [3.63, 3.8) is 0 Å². The summed E-state index contributed by atoms with van der Waals surface area (Å²) in [5, 5.41) is 8.88. The molecule has 0 bridgehead atoms. The molecule has 1 aliphatic rings. The van der Waals surface area contributed by atoms with Gasteiger partial charge in [-0.3, -0.25) is 13.7 Å². The maximum atomic E-state index is 11.0. The second kappa shape index (κ2) is 7.11. The molecule has 0 spiro atoms. The Morgan fingerprint density at radius 3 is 1.62 bits per heavy atom. The summed E-state index contributed by atoms with van der Waals surface area (Å²) in [6.45, 7) is -1.04. The largest absolute Gasteiger partial charge is 0.479 e. The highest BCUT2D eigenvalue weighted by atomic mass is 32.3. The Morgan fingerprint density at radius 1 is 0.833 bits per heavy atom. The molecule has 0 amide bonds. The number of hydrogen-bond acceptors (Lipinski definition) is 11. The van der Waals surface area contributed by atoms with E-state index in [0.717, 1.165) is 0 Å². The van der Waals surface area contributed by atoms with Crippen molar-refractivity contribution in [2.75, 3.05) is 6.61 Å². The quantitative estimate of drug-likeness (QED) is 0.302. The highest BCUT2D eigenvalue weighted by Gasteiger charge is 2.51. The molecule has 4 atom stereocenters. The zero-order chi connectivity index (χ0) is 18.9. The number of aliphatic carboxylic acids is 1. The summed E-state index contributed by atoms with van der Waals surface area (Å²) in [5.41, 5.74) is 0. The van der Waals surface area contributed by atoms with Crippen LogP contribution < -0.4 is 0 Å². The van der Waals surface area contributed by atoms with Crippen molar-refractivity contribution >= 4 is 37.2 Å². The predicted molar refractivity (Wildman–Crippen MR) is 66.6 cm³/mol. The lowest BCUT2D eigenvalue weighted by atomic mass is 10.0. The van der Waals surface area contributed by atoms with Gasteiger partial charge >= 0.3 is 37.2 Å². The van der Waals surface area contributed by atoms with E-state index < -0.39 is 68.2 Å². The topological polar surface area (TPSA) is 237 Å². The van der Waals surface area contributed by atoms with Crippen LogP contribution in [-0.2, 0) is 53.3 Å². The fraction of sp³-hybridized carbons (Fsp3) is 0.833. The number of carboxylic acid groups (broad SMARTS) is 1. The Balaban J connectivity index is 3.33. The van der Waals surface area contributed by atoms with E-state index in [1.54, 1.807) is 0 Å². The average molecular weight is 418 g/mol. The highest BCUT2D eigenvalue weighted by molar-refractivity contribution is 7.81. The van der Waals surface area contributed by atoms with Crippen LogP contribution in [0.2, 0.25) is 0 Å². The van der Waals surface area contributed by atoms with Crippen molar-refractivity contribution in [2.45, 2.75) is 24.4 Å². The molecule has 1 rings (SSSR count). The van der Waals surface area contributed by atoms with E-state index in [-0.39, 0.29) is 0 Å². The van der Waals surface area contributed by atoms with Crippen LogP contribution in [0.4, 0.5) is 0 Å². The summed E-state index contributed by atoms with van der Waals surface area (Å²) in [6.07, 6.45) is -9.41. The van der Waals surface area contributed by atoms with Crippen LogP contribution in [0.15, 0.2) is 0 Å². The van der Waals surface area contributed by atoms with E-state index in [2.05, 4.69) is 17.3 Å². The lowest BCUT2D eigenvalue weighted by molar-refractivity contribution is -0.188. The predicted octanol–water partition coefficient (Wildman–Crippen LogP) is -2.97. The summed E-state index contributed by atoms with van der Waals surface area (Å²) >= 11 is 0. The van der Waals surface area contributed by atoms with Crippen molar-refractivity contribution < 1.29 is 66.1 Å². The number of carboxylic acids is 1. The van der Waals surface area contributed by atoms with E-state index in [1.807, 2.05) is 0 Å². The molecule has 1 fully saturated rings. The van der Waals surface area contributed by atoms with Crippen LogP contribution >= 0.6 is 0 Å². The fourth-order valence-corrected chi connectivity index (χ4v) is 3.21. The van der Waals surface area contributed by atoms with E-state index >= 15 is 0 Å². The van der Waals surface area contributed by atoms with Gasteiger partial charge in [0, 0.05) is 0 Å². The molecule has 0 aromatic carbocycles. The van der Waals surface area contributed by atoms with Gasteiger partial charge in [-0.2, -0.15) is 25.3 Å². The van der Waals surface area contributed by atoms with Gasteiger partial charge in [-0.25, -0.2) is 17.3 Å². The molecule has 24 heavy (non-hydrogen) atoms. The third-order valence-electron chi connectivity index (χ3n) is 2.38. The Kier molecular flexibility index (Phi) is 6.25. The van der Waals surface area contributed by atoms with E-state index in [0.29, 0.717) is 0 Å². The molecule has 4 N–H and O–H groups in total. The maximum Gasteiger partial charge on any atom is 0.397 e. The Hall–Kier alpha value is -0.960. The second-order valence-corrected chi connectivity index (χ2v) is 7.28. The average Bonchev–Trinajstić information content (AvgIpc) is 2.27. The Bertz CT molecular complexity index is 777. The van der Waals surface area contributed by atoms with Crippen molar-refractivity contribution in [1.82, 2.24) is 0 Å². The van der Waals surface area contributed by atoms with Crippen molar-refractivity contribution in [3.8, 4) is 0 Å². The molecule has 15 nitrogen and oxygen atoms in total. The minimum atomic E-state index is -5.41. The summed E-state index contributed by atoms with van der Waals surface area (Å²) in [6, 6.07) is 0. The normalized spacial score (nSPS) is 29.3. The molecule has 1 heterocycles. The van der Waals surface area contributed by atoms with Crippen LogP contribution in [0.25, 0.3) is 0 Å². The number of ether oxygens (including phenoxy) is 1. The molecular formula is C6H10O15S3. The third-order valence-corrected chi connectivity index (χ3v) is 3.80. The molecule has 3 unspecified atom stereocenters. The van der Waals surface area contributed by atoms with Crippen LogP contribution in [0.5, 0.6) is 0 Å². The monoisotopic (exact) mass is 418 g/mol. The smallest absolute Gasteiger partial charge is 0.397 e. The molecular weight excluding hydrogens is 408 g/mol. The number of hydrogen-bond donors (Lipinski definition) is 4. The first-order valence-electron chi connectivity index (χ1n) is 5.40. The van der Waals surface area contributed by atoms with Gasteiger partial charge in [-0.15, -0.1) is 0 Å². The molecule has 18 heteroatoms. The second-order valence-electron chi connectivity index (χ2n) is 4.13. The Morgan fingerprint density at radius 2 is 1.25 bits per heavy atom. The summed E-state index contributed by atoms with van der Waals surface area (Å²) in [5.74, 6) is -1.92. The first-order valence-corrected chi connectivity index (χ1v) is 9.50. The molecule has 0 aromatic heterocycles. The zero-order valence-corrected chi connectivity index (χ0v) is 13.5. The molecule has 0 aromatic rings. The third kappa shape index (κ3) is 6.88. The van der Waals surface area contributed by atoms with Gasteiger partial charge in [0.25, 0.3) is 0 Å². The van der Waals surface area contributed by atoms with Crippen molar-refractivity contribution in [2.24, 2.45) is 0 Å². The Labute approximate surface area is 134 Å². The van der Waals surface area contributed by atoms with Gasteiger partial charge in [0.2, 0.25) is 0 Å². The standard InChI is InChI=1S/C6H10O15S3/c7-6(8)5-4(21-24(15,16)17)3(20-23(12,13)14)2(1-18-5)19-22(9,10)11/h2-5H,1H2,(H,7,8)(H,9,10,11)(H,12,13,14)(H,15,16,17)/t2?,3?,4?,5-/m1/s1. The van der Waals surface area contributed by atoms with Gasteiger partial charge in [0.1, 0.15) is 18.3 Å². The number of rotatable bonds is 7.